The molecule has 1 unspecified atom stereocenters. The molecule has 0 aromatic heterocycles. The Kier molecular flexibility index (Phi) is 5.27. The van der Waals surface area contributed by atoms with E-state index in [0.717, 1.165) is 25.7 Å². The van der Waals surface area contributed by atoms with E-state index in [-0.39, 0.29) is 12.0 Å². The summed E-state index contributed by atoms with van der Waals surface area (Å²) in [7, 11) is 0. The van der Waals surface area contributed by atoms with Gasteiger partial charge in [0.25, 0.3) is 0 Å². The van der Waals surface area contributed by atoms with Gasteiger partial charge in [0.05, 0.1) is 12.2 Å². The molecule has 90 valence electrons. The zero-order valence-electron chi connectivity index (χ0n) is 9.78. The van der Waals surface area contributed by atoms with E-state index in [0.29, 0.717) is 18.9 Å². The summed E-state index contributed by atoms with van der Waals surface area (Å²) in [5, 5.41) is 20.9. The Labute approximate surface area is 96.6 Å². The molecule has 0 bridgehead atoms. The molecule has 1 amide bonds. The number of rotatable bonds is 4. The molecular formula is C12H20N2O2. The van der Waals surface area contributed by atoms with Crippen molar-refractivity contribution >= 4 is 5.91 Å². The molecule has 0 aromatic rings. The molecule has 0 spiro atoms. The minimum atomic E-state index is -0.519. The Balaban J connectivity index is 2.24. The van der Waals surface area contributed by atoms with Gasteiger partial charge in [0.15, 0.2) is 0 Å². The molecular weight excluding hydrogens is 204 g/mol. The van der Waals surface area contributed by atoms with Crippen LogP contribution in [0.4, 0.5) is 0 Å². The van der Waals surface area contributed by atoms with Gasteiger partial charge in [-0.25, -0.2) is 0 Å². The van der Waals surface area contributed by atoms with Crippen molar-refractivity contribution in [2.45, 2.75) is 45.1 Å². The third kappa shape index (κ3) is 3.82. The van der Waals surface area contributed by atoms with Crippen molar-refractivity contribution in [2.75, 3.05) is 6.54 Å². The van der Waals surface area contributed by atoms with Crippen molar-refractivity contribution in [3.05, 3.63) is 0 Å². The first-order chi connectivity index (χ1) is 7.67. The van der Waals surface area contributed by atoms with Gasteiger partial charge < -0.3 is 10.4 Å². The third-order valence-electron chi connectivity index (χ3n) is 3.26. The van der Waals surface area contributed by atoms with E-state index in [9.17, 15) is 9.90 Å². The predicted octanol–water partition coefficient (Wildman–Crippen LogP) is 1.20. The summed E-state index contributed by atoms with van der Waals surface area (Å²) in [6.07, 6.45) is 3.99. The maximum absolute atomic E-state index is 11.5. The van der Waals surface area contributed by atoms with Crippen molar-refractivity contribution in [1.82, 2.24) is 5.32 Å². The second-order valence-corrected chi connectivity index (χ2v) is 4.51. The number of amides is 1. The van der Waals surface area contributed by atoms with Crippen LogP contribution in [0.5, 0.6) is 0 Å². The largest absolute Gasteiger partial charge is 0.393 e. The van der Waals surface area contributed by atoms with Crippen LogP contribution in [0.15, 0.2) is 0 Å². The third-order valence-corrected chi connectivity index (χ3v) is 3.26. The Morgan fingerprint density at radius 1 is 1.50 bits per heavy atom. The first-order valence-corrected chi connectivity index (χ1v) is 6.02. The van der Waals surface area contributed by atoms with Crippen LogP contribution < -0.4 is 5.32 Å². The van der Waals surface area contributed by atoms with Crippen LogP contribution in [0.25, 0.3) is 0 Å². The van der Waals surface area contributed by atoms with Crippen LogP contribution in [-0.4, -0.2) is 23.7 Å². The van der Waals surface area contributed by atoms with Gasteiger partial charge in [0.1, 0.15) is 5.92 Å². The maximum Gasteiger partial charge on any atom is 0.237 e. The lowest BCUT2D eigenvalue weighted by molar-refractivity contribution is -0.123. The summed E-state index contributed by atoms with van der Waals surface area (Å²) in [4.78, 5) is 11.5. The summed E-state index contributed by atoms with van der Waals surface area (Å²) in [5.74, 6) is -0.214. The molecule has 4 heteroatoms. The number of hydrogen-bond donors (Lipinski definition) is 2. The molecule has 1 aliphatic rings. The van der Waals surface area contributed by atoms with E-state index >= 15 is 0 Å². The minimum absolute atomic E-state index is 0.156. The van der Waals surface area contributed by atoms with Gasteiger partial charge in [-0.3, -0.25) is 4.79 Å². The van der Waals surface area contributed by atoms with E-state index in [1.807, 2.05) is 13.0 Å². The Bertz CT molecular complexity index is 265. The van der Waals surface area contributed by atoms with Crippen molar-refractivity contribution in [2.24, 2.45) is 11.8 Å². The molecule has 2 N–H and O–H groups in total. The topological polar surface area (TPSA) is 73.1 Å². The highest BCUT2D eigenvalue weighted by Crippen LogP contribution is 2.23. The first kappa shape index (κ1) is 13.0. The Morgan fingerprint density at radius 2 is 2.12 bits per heavy atom. The molecule has 1 fully saturated rings. The van der Waals surface area contributed by atoms with Gasteiger partial charge >= 0.3 is 0 Å². The highest BCUT2D eigenvalue weighted by Gasteiger charge is 2.21. The lowest BCUT2D eigenvalue weighted by Crippen LogP contribution is -2.35. The summed E-state index contributed by atoms with van der Waals surface area (Å²) < 4.78 is 0. The average molecular weight is 224 g/mol. The lowest BCUT2D eigenvalue weighted by Gasteiger charge is -2.25. The summed E-state index contributed by atoms with van der Waals surface area (Å²) >= 11 is 0. The van der Waals surface area contributed by atoms with Crippen LogP contribution >= 0.6 is 0 Å². The average Bonchev–Trinajstić information content (AvgIpc) is 2.30. The summed E-state index contributed by atoms with van der Waals surface area (Å²) in [6, 6.07) is 1.99. The van der Waals surface area contributed by atoms with E-state index in [1.54, 1.807) is 0 Å². The Hall–Kier alpha value is -1.08. The number of aliphatic hydroxyl groups is 1. The standard InChI is InChI=1S/C12H20N2O2/c1-2-10(7-13)12(16)14-8-9-3-5-11(15)6-4-9/h9-11,15H,2-6,8H2,1H3,(H,14,16). The second kappa shape index (κ2) is 6.49. The van der Waals surface area contributed by atoms with Crippen LogP contribution in [0.1, 0.15) is 39.0 Å². The normalized spacial score (nSPS) is 26.8. The number of nitrogens with one attached hydrogen (secondary N) is 1. The lowest BCUT2D eigenvalue weighted by atomic mass is 9.87. The van der Waals surface area contributed by atoms with Crippen LogP contribution in [-0.2, 0) is 4.79 Å². The summed E-state index contributed by atoms with van der Waals surface area (Å²) in [5.41, 5.74) is 0. The zero-order chi connectivity index (χ0) is 12.0. The zero-order valence-corrected chi connectivity index (χ0v) is 9.78. The highest BCUT2D eigenvalue weighted by atomic mass is 16.3. The predicted molar refractivity (Wildman–Crippen MR) is 60.4 cm³/mol. The van der Waals surface area contributed by atoms with Crippen molar-refractivity contribution in [1.29, 1.82) is 5.26 Å². The molecule has 1 atom stereocenters. The maximum atomic E-state index is 11.5. The molecule has 16 heavy (non-hydrogen) atoms. The van der Waals surface area contributed by atoms with Crippen LogP contribution in [0.3, 0.4) is 0 Å². The van der Waals surface area contributed by atoms with Gasteiger partial charge in [-0.2, -0.15) is 5.26 Å². The van der Waals surface area contributed by atoms with Gasteiger partial charge in [-0.15, -0.1) is 0 Å². The van der Waals surface area contributed by atoms with Gasteiger partial charge in [-0.05, 0) is 38.0 Å². The highest BCUT2D eigenvalue weighted by molar-refractivity contribution is 5.80. The smallest absolute Gasteiger partial charge is 0.237 e. The van der Waals surface area contributed by atoms with Crippen molar-refractivity contribution in [3.8, 4) is 6.07 Å². The number of aliphatic hydroxyl groups excluding tert-OH is 1. The Morgan fingerprint density at radius 3 is 2.62 bits per heavy atom. The molecule has 0 aromatic carbocycles. The molecule has 0 radical (unpaired) electrons. The van der Waals surface area contributed by atoms with Crippen molar-refractivity contribution in [3.63, 3.8) is 0 Å². The number of hydrogen-bond acceptors (Lipinski definition) is 3. The quantitative estimate of drug-likeness (QED) is 0.753. The number of nitriles is 1. The van der Waals surface area contributed by atoms with E-state index < -0.39 is 5.92 Å². The molecule has 1 saturated carbocycles. The fourth-order valence-electron chi connectivity index (χ4n) is 2.05. The number of carbonyl (C=O) groups excluding carboxylic acids is 1. The van der Waals surface area contributed by atoms with Crippen LogP contribution in [0, 0.1) is 23.2 Å². The summed E-state index contributed by atoms with van der Waals surface area (Å²) in [6.45, 7) is 2.48. The van der Waals surface area contributed by atoms with Gasteiger partial charge in [-0.1, -0.05) is 6.92 Å². The fourth-order valence-corrected chi connectivity index (χ4v) is 2.05. The van der Waals surface area contributed by atoms with Gasteiger partial charge in [0, 0.05) is 6.54 Å². The molecule has 1 aliphatic carbocycles. The number of nitrogens with zero attached hydrogens (tertiary/aromatic N) is 1. The molecule has 0 aliphatic heterocycles. The number of carbonyl (C=O) groups is 1. The second-order valence-electron chi connectivity index (χ2n) is 4.51. The molecule has 4 nitrogen and oxygen atoms in total. The minimum Gasteiger partial charge on any atom is -0.393 e. The molecule has 1 rings (SSSR count). The molecule has 0 heterocycles. The van der Waals surface area contributed by atoms with E-state index in [2.05, 4.69) is 5.32 Å². The molecule has 0 saturated heterocycles. The fraction of sp³-hybridized carbons (Fsp3) is 0.833. The van der Waals surface area contributed by atoms with Crippen LogP contribution in [0.2, 0.25) is 0 Å². The van der Waals surface area contributed by atoms with E-state index in [4.69, 9.17) is 5.26 Å². The SMILES string of the molecule is CCC(C#N)C(=O)NCC1CCC(O)CC1. The van der Waals surface area contributed by atoms with E-state index in [1.165, 1.54) is 0 Å². The van der Waals surface area contributed by atoms with Gasteiger partial charge in [0.2, 0.25) is 5.91 Å². The first-order valence-electron chi connectivity index (χ1n) is 6.02. The monoisotopic (exact) mass is 224 g/mol. The van der Waals surface area contributed by atoms with Crippen molar-refractivity contribution < 1.29 is 9.90 Å².